The third-order valence-electron chi connectivity index (χ3n) is 2.94. The molecule has 2 nitrogen and oxygen atoms in total. The summed E-state index contributed by atoms with van der Waals surface area (Å²) in [5.41, 5.74) is 0.961. The molecule has 0 unspecified atom stereocenters. The summed E-state index contributed by atoms with van der Waals surface area (Å²) in [6, 6.07) is 8.01. The Balaban J connectivity index is 2.05. The number of benzene rings is 2. The summed E-state index contributed by atoms with van der Waals surface area (Å²) in [6.07, 6.45) is 1.55. The van der Waals surface area contributed by atoms with Crippen LogP contribution < -0.4 is 4.74 Å². The highest BCUT2D eigenvalue weighted by molar-refractivity contribution is 6.37. The number of ether oxygens (including phenoxy) is 1. The van der Waals surface area contributed by atoms with Crippen LogP contribution in [0.2, 0.25) is 20.1 Å². The summed E-state index contributed by atoms with van der Waals surface area (Å²) in [6.45, 7) is 0. The van der Waals surface area contributed by atoms with E-state index in [0.29, 0.717) is 31.9 Å². The van der Waals surface area contributed by atoms with Crippen molar-refractivity contribution >= 4 is 58.3 Å². The number of halogens is 4. The summed E-state index contributed by atoms with van der Waals surface area (Å²) in [5.74, 6) is 0.154. The average molecular weight is 360 g/mol. The molecular weight excluding hydrogens is 354 g/mol. The quantitative estimate of drug-likeness (QED) is 0.591. The molecule has 6 heteroatoms. The Morgan fingerprint density at radius 1 is 0.905 bits per heavy atom. The van der Waals surface area contributed by atoms with Gasteiger partial charge in [0.1, 0.15) is 0 Å². The van der Waals surface area contributed by atoms with E-state index in [0.717, 1.165) is 0 Å². The third kappa shape index (κ3) is 2.77. The molecule has 1 aliphatic rings. The smallest absolute Gasteiger partial charge is 0.232 e. The van der Waals surface area contributed by atoms with E-state index in [-0.39, 0.29) is 16.6 Å². The zero-order valence-corrected chi connectivity index (χ0v) is 13.3. The number of rotatable bonds is 1. The van der Waals surface area contributed by atoms with Gasteiger partial charge >= 0.3 is 0 Å². The van der Waals surface area contributed by atoms with Crippen LogP contribution in [0.25, 0.3) is 6.08 Å². The van der Waals surface area contributed by atoms with Crippen molar-refractivity contribution < 1.29 is 9.53 Å². The van der Waals surface area contributed by atoms with Crippen molar-refractivity contribution in [3.8, 4) is 5.75 Å². The molecule has 0 fully saturated rings. The lowest BCUT2D eigenvalue weighted by molar-refractivity contribution is 0.101. The van der Waals surface area contributed by atoms with Gasteiger partial charge in [0.2, 0.25) is 5.78 Å². The molecular formula is C15H6Cl4O2. The fourth-order valence-electron chi connectivity index (χ4n) is 1.98. The van der Waals surface area contributed by atoms with Crippen molar-refractivity contribution in [3.05, 3.63) is 67.3 Å². The number of Topliss-reactive ketones (excluding diaryl/α,β-unsaturated/α-hetero) is 1. The highest BCUT2D eigenvalue weighted by atomic mass is 35.5. The molecule has 2 aromatic carbocycles. The van der Waals surface area contributed by atoms with E-state index < -0.39 is 0 Å². The molecule has 0 saturated heterocycles. The van der Waals surface area contributed by atoms with E-state index in [4.69, 9.17) is 51.1 Å². The number of allylic oxidation sites excluding steroid dienone is 1. The highest BCUT2D eigenvalue weighted by Gasteiger charge is 2.30. The van der Waals surface area contributed by atoms with Crippen LogP contribution in [0.15, 0.2) is 36.1 Å². The first-order valence-electron chi connectivity index (χ1n) is 5.84. The molecule has 0 radical (unpaired) electrons. The summed E-state index contributed by atoms with van der Waals surface area (Å²) in [5, 5.41) is 1.60. The number of ketones is 1. The van der Waals surface area contributed by atoms with E-state index in [2.05, 4.69) is 0 Å². The van der Waals surface area contributed by atoms with Crippen LogP contribution in [0.3, 0.4) is 0 Å². The lowest BCUT2D eigenvalue weighted by Crippen LogP contribution is -1.98. The molecule has 0 spiro atoms. The van der Waals surface area contributed by atoms with Crippen LogP contribution in [-0.2, 0) is 0 Å². The molecule has 0 amide bonds. The van der Waals surface area contributed by atoms with Gasteiger partial charge in [0, 0.05) is 15.1 Å². The Hall–Kier alpha value is -1.19. The average Bonchev–Trinajstić information content (AvgIpc) is 2.71. The maximum Gasteiger partial charge on any atom is 0.232 e. The van der Waals surface area contributed by atoms with Gasteiger partial charge in [-0.1, -0.05) is 52.5 Å². The van der Waals surface area contributed by atoms with Crippen molar-refractivity contribution in [3.63, 3.8) is 0 Å². The summed E-state index contributed by atoms with van der Waals surface area (Å²) < 4.78 is 5.52. The van der Waals surface area contributed by atoms with E-state index in [1.165, 1.54) is 12.1 Å². The molecule has 21 heavy (non-hydrogen) atoms. The van der Waals surface area contributed by atoms with Gasteiger partial charge in [0.05, 0.1) is 10.6 Å². The lowest BCUT2D eigenvalue weighted by atomic mass is 10.1. The van der Waals surface area contributed by atoms with Crippen LogP contribution >= 0.6 is 46.4 Å². The Bertz CT molecular complexity index is 797. The van der Waals surface area contributed by atoms with Crippen molar-refractivity contribution in [2.45, 2.75) is 0 Å². The normalized spacial score (nSPS) is 15.2. The first-order valence-corrected chi connectivity index (χ1v) is 7.35. The lowest BCUT2D eigenvalue weighted by Gasteiger charge is -2.02. The van der Waals surface area contributed by atoms with Crippen molar-refractivity contribution in [1.29, 1.82) is 0 Å². The number of carbonyl (C=O) groups is 1. The first kappa shape index (κ1) is 14.7. The van der Waals surface area contributed by atoms with Crippen LogP contribution in [0, 0.1) is 0 Å². The van der Waals surface area contributed by atoms with Crippen LogP contribution in [0.1, 0.15) is 15.9 Å². The molecule has 0 atom stereocenters. The zero-order valence-electron chi connectivity index (χ0n) is 10.3. The maximum atomic E-state index is 12.3. The van der Waals surface area contributed by atoms with Gasteiger partial charge in [0.25, 0.3) is 0 Å². The fraction of sp³-hybridized carbons (Fsp3) is 0. The molecule has 0 aromatic heterocycles. The Morgan fingerprint density at radius 3 is 2.33 bits per heavy atom. The van der Waals surface area contributed by atoms with Crippen LogP contribution in [-0.4, -0.2) is 5.78 Å². The predicted octanol–water partition coefficient (Wildman–Crippen LogP) is 5.92. The van der Waals surface area contributed by atoms with Crippen molar-refractivity contribution in [1.82, 2.24) is 0 Å². The van der Waals surface area contributed by atoms with Gasteiger partial charge in [-0.25, -0.2) is 0 Å². The van der Waals surface area contributed by atoms with Gasteiger partial charge in [-0.05, 0) is 35.9 Å². The molecule has 1 heterocycles. The van der Waals surface area contributed by atoms with Crippen LogP contribution in [0.4, 0.5) is 0 Å². The minimum atomic E-state index is -0.291. The topological polar surface area (TPSA) is 26.3 Å². The number of hydrogen-bond acceptors (Lipinski definition) is 2. The molecule has 106 valence electrons. The standard InChI is InChI=1S/C15H6Cl4O2/c16-8-2-1-7(11(18)5-8)3-13-14(20)10-4-9(17)6-12(19)15(10)21-13/h1-6H. The summed E-state index contributed by atoms with van der Waals surface area (Å²) >= 11 is 23.8. The first-order chi connectivity index (χ1) is 9.95. The van der Waals surface area contributed by atoms with Gasteiger partial charge < -0.3 is 4.74 Å². The number of carbonyl (C=O) groups excluding carboxylic acids is 1. The van der Waals surface area contributed by atoms with Crippen LogP contribution in [0.5, 0.6) is 5.75 Å². The minimum Gasteiger partial charge on any atom is -0.451 e. The van der Waals surface area contributed by atoms with E-state index in [1.54, 1.807) is 24.3 Å². The van der Waals surface area contributed by atoms with Gasteiger partial charge in [-0.3, -0.25) is 4.79 Å². The Labute approximate surface area is 140 Å². The molecule has 3 rings (SSSR count). The van der Waals surface area contributed by atoms with E-state index >= 15 is 0 Å². The zero-order chi connectivity index (χ0) is 15.1. The van der Waals surface area contributed by atoms with Gasteiger partial charge in [-0.2, -0.15) is 0 Å². The number of hydrogen-bond donors (Lipinski definition) is 0. The second-order valence-electron chi connectivity index (χ2n) is 4.37. The maximum absolute atomic E-state index is 12.3. The summed E-state index contributed by atoms with van der Waals surface area (Å²) in [4.78, 5) is 12.3. The van der Waals surface area contributed by atoms with E-state index in [9.17, 15) is 4.79 Å². The Kier molecular flexibility index (Phi) is 3.89. The Morgan fingerprint density at radius 2 is 1.62 bits per heavy atom. The second kappa shape index (κ2) is 5.54. The molecule has 0 saturated carbocycles. The minimum absolute atomic E-state index is 0.137. The highest BCUT2D eigenvalue weighted by Crippen LogP contribution is 2.40. The third-order valence-corrected chi connectivity index (χ3v) is 4.00. The van der Waals surface area contributed by atoms with Gasteiger partial charge in [0.15, 0.2) is 11.5 Å². The van der Waals surface area contributed by atoms with E-state index in [1.807, 2.05) is 0 Å². The number of fused-ring (bicyclic) bond motifs is 1. The molecule has 0 N–H and O–H groups in total. The van der Waals surface area contributed by atoms with Crippen molar-refractivity contribution in [2.24, 2.45) is 0 Å². The largest absolute Gasteiger partial charge is 0.451 e. The SMILES string of the molecule is O=C1C(=Cc2ccc(Cl)cc2Cl)Oc2c(Cl)cc(Cl)cc21. The molecule has 0 bridgehead atoms. The second-order valence-corrected chi connectivity index (χ2v) is 6.06. The molecule has 2 aromatic rings. The van der Waals surface area contributed by atoms with Crippen molar-refractivity contribution in [2.75, 3.05) is 0 Å². The fourth-order valence-corrected chi connectivity index (χ4v) is 2.97. The van der Waals surface area contributed by atoms with Gasteiger partial charge in [-0.15, -0.1) is 0 Å². The predicted molar refractivity (Wildman–Crippen MR) is 85.9 cm³/mol. The molecule has 0 aliphatic carbocycles. The summed E-state index contributed by atoms with van der Waals surface area (Å²) in [7, 11) is 0. The molecule has 1 aliphatic heterocycles. The monoisotopic (exact) mass is 358 g/mol.